The van der Waals surface area contributed by atoms with Gasteiger partial charge in [0.25, 0.3) is 0 Å². The van der Waals surface area contributed by atoms with Crippen LogP contribution in [0.4, 0.5) is 0 Å². The topological polar surface area (TPSA) is 53.4 Å². The second-order valence-electron chi connectivity index (χ2n) is 3.70. The Morgan fingerprint density at radius 2 is 2.05 bits per heavy atom. The van der Waals surface area contributed by atoms with Crippen molar-refractivity contribution >= 4 is 21.9 Å². The third-order valence-electron chi connectivity index (χ3n) is 2.50. The van der Waals surface area contributed by atoms with Crippen molar-refractivity contribution in [3.8, 4) is 11.4 Å². The van der Waals surface area contributed by atoms with Crippen molar-refractivity contribution in [1.29, 1.82) is 0 Å². The Morgan fingerprint density at radius 1 is 1.37 bits per heavy atom. The lowest BCUT2D eigenvalue weighted by molar-refractivity contribution is 0.0525. The summed E-state index contributed by atoms with van der Waals surface area (Å²) < 4.78 is 12.1. The van der Waals surface area contributed by atoms with E-state index < -0.39 is 5.97 Å². The molecule has 0 saturated heterocycles. The quantitative estimate of drug-likeness (QED) is 0.811. The maximum atomic E-state index is 11.7. The van der Waals surface area contributed by atoms with Crippen LogP contribution in [0, 0.1) is 0 Å². The second kappa shape index (κ2) is 5.88. The van der Waals surface area contributed by atoms with E-state index in [1.165, 1.54) is 0 Å². The molecule has 0 radical (unpaired) electrons. The summed E-state index contributed by atoms with van der Waals surface area (Å²) in [5.41, 5.74) is 1.23. The van der Waals surface area contributed by atoms with Crippen LogP contribution < -0.4 is 4.74 Å². The molecule has 0 bridgehead atoms. The normalized spacial score (nSPS) is 10.3. The Balaban J connectivity index is 2.30. The fourth-order valence-electron chi connectivity index (χ4n) is 1.57. The zero-order chi connectivity index (χ0) is 13.8. The molecule has 0 aliphatic rings. The van der Waals surface area contributed by atoms with E-state index in [0.29, 0.717) is 16.8 Å². The molecule has 5 nitrogen and oxygen atoms in total. The highest BCUT2D eigenvalue weighted by Gasteiger charge is 2.16. The minimum Gasteiger partial charge on any atom is -0.497 e. The number of esters is 1. The van der Waals surface area contributed by atoms with Gasteiger partial charge in [0.1, 0.15) is 15.9 Å². The number of ether oxygens (including phenoxy) is 2. The largest absolute Gasteiger partial charge is 0.497 e. The summed E-state index contributed by atoms with van der Waals surface area (Å²) in [5, 5.41) is 4.23. The number of hydrogen-bond donors (Lipinski definition) is 0. The molecule has 0 spiro atoms. The van der Waals surface area contributed by atoms with Crippen LogP contribution in [0.3, 0.4) is 0 Å². The van der Waals surface area contributed by atoms with Gasteiger partial charge in [0.15, 0.2) is 0 Å². The summed E-state index contributed by atoms with van der Waals surface area (Å²) in [7, 11) is 1.61. The van der Waals surface area contributed by atoms with Gasteiger partial charge in [-0.2, -0.15) is 5.10 Å². The number of carbonyl (C=O) groups is 1. The summed E-state index contributed by atoms with van der Waals surface area (Å²) >= 11 is 3.26. The lowest BCUT2D eigenvalue weighted by atomic mass is 10.3. The van der Waals surface area contributed by atoms with Gasteiger partial charge in [-0.3, -0.25) is 0 Å². The highest BCUT2D eigenvalue weighted by molar-refractivity contribution is 9.10. The first-order valence-corrected chi connectivity index (χ1v) is 6.51. The van der Waals surface area contributed by atoms with Crippen molar-refractivity contribution in [3.05, 3.63) is 40.6 Å². The van der Waals surface area contributed by atoms with Crippen LogP contribution in [0.25, 0.3) is 5.69 Å². The molecule has 1 heterocycles. The van der Waals surface area contributed by atoms with E-state index in [2.05, 4.69) is 21.0 Å². The van der Waals surface area contributed by atoms with Crippen molar-refractivity contribution in [1.82, 2.24) is 9.78 Å². The summed E-state index contributed by atoms with van der Waals surface area (Å²) in [6.07, 6.45) is 1.63. The number of aromatic nitrogens is 2. The smallest absolute Gasteiger partial charge is 0.342 e. The van der Waals surface area contributed by atoms with Crippen LogP contribution in [0.5, 0.6) is 5.75 Å². The number of methoxy groups -OCH3 is 1. The predicted molar refractivity (Wildman–Crippen MR) is 73.8 cm³/mol. The molecule has 0 unspecified atom stereocenters. The first kappa shape index (κ1) is 13.6. The molecule has 0 aliphatic heterocycles. The van der Waals surface area contributed by atoms with Gasteiger partial charge in [-0.1, -0.05) is 0 Å². The number of rotatable bonds is 4. The molecule has 19 heavy (non-hydrogen) atoms. The van der Waals surface area contributed by atoms with Crippen LogP contribution >= 0.6 is 15.9 Å². The molecule has 0 amide bonds. The van der Waals surface area contributed by atoms with E-state index >= 15 is 0 Å². The molecule has 6 heteroatoms. The van der Waals surface area contributed by atoms with Crippen LogP contribution in [-0.4, -0.2) is 29.5 Å². The molecule has 0 atom stereocenters. The van der Waals surface area contributed by atoms with Gasteiger partial charge >= 0.3 is 5.97 Å². The van der Waals surface area contributed by atoms with E-state index in [1.807, 2.05) is 24.3 Å². The molecule has 100 valence electrons. The molecule has 1 aromatic heterocycles. The molecular formula is C13H13BrN2O3. The number of hydrogen-bond acceptors (Lipinski definition) is 4. The van der Waals surface area contributed by atoms with Gasteiger partial charge in [-0.15, -0.1) is 0 Å². The average Bonchev–Trinajstić information content (AvgIpc) is 2.81. The highest BCUT2D eigenvalue weighted by atomic mass is 79.9. The third-order valence-corrected chi connectivity index (χ3v) is 3.09. The van der Waals surface area contributed by atoms with Gasteiger partial charge < -0.3 is 9.47 Å². The Kier molecular flexibility index (Phi) is 4.21. The van der Waals surface area contributed by atoms with Crippen LogP contribution in [0.15, 0.2) is 35.1 Å². The van der Waals surface area contributed by atoms with Crippen molar-refractivity contribution in [2.75, 3.05) is 13.7 Å². The molecular weight excluding hydrogens is 312 g/mol. The first-order valence-electron chi connectivity index (χ1n) is 5.72. The molecule has 2 rings (SSSR count). The average molecular weight is 325 g/mol. The molecule has 0 aliphatic carbocycles. The lowest BCUT2D eigenvalue weighted by Crippen LogP contribution is -2.04. The van der Waals surface area contributed by atoms with Crippen LogP contribution in [0.1, 0.15) is 17.3 Å². The molecule has 0 N–H and O–H groups in total. The zero-order valence-electron chi connectivity index (χ0n) is 10.6. The minimum atomic E-state index is -0.394. The van der Waals surface area contributed by atoms with Gasteiger partial charge in [-0.05, 0) is 47.1 Å². The monoisotopic (exact) mass is 324 g/mol. The number of nitrogens with zero attached hydrogens (tertiary/aromatic N) is 2. The Bertz CT molecular complexity index is 578. The maximum absolute atomic E-state index is 11.7. The summed E-state index contributed by atoms with van der Waals surface area (Å²) in [4.78, 5) is 11.7. The minimum absolute atomic E-state index is 0.332. The molecule has 1 aromatic carbocycles. The molecule has 0 fully saturated rings. The molecule has 0 saturated carbocycles. The number of halogens is 1. The van der Waals surface area contributed by atoms with Crippen molar-refractivity contribution < 1.29 is 14.3 Å². The van der Waals surface area contributed by atoms with E-state index in [4.69, 9.17) is 9.47 Å². The van der Waals surface area contributed by atoms with Crippen LogP contribution in [-0.2, 0) is 4.74 Å². The van der Waals surface area contributed by atoms with Crippen molar-refractivity contribution in [2.24, 2.45) is 0 Å². The highest BCUT2D eigenvalue weighted by Crippen LogP contribution is 2.20. The van der Waals surface area contributed by atoms with Crippen molar-refractivity contribution in [3.63, 3.8) is 0 Å². The van der Waals surface area contributed by atoms with E-state index in [1.54, 1.807) is 24.9 Å². The summed E-state index contributed by atoms with van der Waals surface area (Å²) in [6, 6.07) is 7.37. The second-order valence-corrected chi connectivity index (χ2v) is 4.45. The Morgan fingerprint density at radius 3 is 2.63 bits per heavy atom. The van der Waals surface area contributed by atoms with Crippen molar-refractivity contribution in [2.45, 2.75) is 6.92 Å². The van der Waals surface area contributed by atoms with Crippen LogP contribution in [0.2, 0.25) is 0 Å². The summed E-state index contributed by atoms with van der Waals surface area (Å²) in [6.45, 7) is 2.10. The lowest BCUT2D eigenvalue weighted by Gasteiger charge is -2.02. The van der Waals surface area contributed by atoms with E-state index in [0.717, 1.165) is 11.4 Å². The molecule has 2 aromatic rings. The maximum Gasteiger partial charge on any atom is 0.342 e. The van der Waals surface area contributed by atoms with Gasteiger partial charge in [0, 0.05) is 6.20 Å². The fourth-order valence-corrected chi connectivity index (χ4v) is 2.00. The standard InChI is InChI=1S/C13H13BrN2O3/c1-3-19-13(17)11-8-16(15-12(11)14)9-4-6-10(18-2)7-5-9/h4-8H,3H2,1-2H3. The SMILES string of the molecule is CCOC(=O)c1cn(-c2ccc(OC)cc2)nc1Br. The van der Waals surface area contributed by atoms with E-state index in [-0.39, 0.29) is 0 Å². The van der Waals surface area contributed by atoms with Gasteiger partial charge in [0.05, 0.1) is 19.4 Å². The Hall–Kier alpha value is -1.82. The Labute approximate surface area is 119 Å². The van der Waals surface area contributed by atoms with Gasteiger partial charge in [0.2, 0.25) is 0 Å². The van der Waals surface area contributed by atoms with Gasteiger partial charge in [-0.25, -0.2) is 9.48 Å². The number of benzene rings is 1. The summed E-state index contributed by atoms with van der Waals surface area (Å²) in [5.74, 6) is 0.370. The third kappa shape index (κ3) is 2.96. The van der Waals surface area contributed by atoms with E-state index in [9.17, 15) is 4.79 Å². The first-order chi connectivity index (χ1) is 9.15. The number of carbonyl (C=O) groups excluding carboxylic acids is 1. The zero-order valence-corrected chi connectivity index (χ0v) is 12.2. The fraction of sp³-hybridized carbons (Fsp3) is 0.231. The predicted octanol–water partition coefficient (Wildman–Crippen LogP) is 2.82.